The Hall–Kier alpha value is -0.0800. The zero-order chi connectivity index (χ0) is 14.9. The van der Waals surface area contributed by atoms with Gasteiger partial charge in [-0.1, -0.05) is 27.2 Å². The monoisotopic (exact) mass is 292 g/mol. The van der Waals surface area contributed by atoms with Crippen molar-refractivity contribution in [3.8, 4) is 0 Å². The van der Waals surface area contributed by atoms with Crippen LogP contribution in [0, 0.1) is 22.7 Å². The molecule has 2 heterocycles. The smallest absolute Gasteiger partial charge is 0.166 e. The van der Waals surface area contributed by atoms with Crippen molar-refractivity contribution in [1.29, 1.82) is 0 Å². The SMILES string of the molecule is CC1(C)CCC[C@@]2(C)[C@H]1CC[C@]13CO[C@](C)(CCC[C@@H]12)O3. The molecule has 2 aliphatic heterocycles. The van der Waals surface area contributed by atoms with Gasteiger partial charge in [0.25, 0.3) is 0 Å². The summed E-state index contributed by atoms with van der Waals surface area (Å²) in [5, 5.41) is 0. The molecule has 0 aromatic rings. The van der Waals surface area contributed by atoms with Crippen LogP contribution in [0.3, 0.4) is 0 Å². The Labute approximate surface area is 130 Å². The Bertz CT molecular complexity index is 445. The van der Waals surface area contributed by atoms with Crippen molar-refractivity contribution in [3.05, 3.63) is 0 Å². The fourth-order valence-corrected chi connectivity index (χ4v) is 6.87. The summed E-state index contributed by atoms with van der Waals surface area (Å²) < 4.78 is 12.8. The quantitative estimate of drug-likeness (QED) is 0.631. The Morgan fingerprint density at radius 2 is 1.62 bits per heavy atom. The van der Waals surface area contributed by atoms with E-state index in [1.54, 1.807) is 0 Å². The molecule has 4 aliphatic rings. The molecule has 2 bridgehead atoms. The first kappa shape index (κ1) is 14.5. The van der Waals surface area contributed by atoms with Crippen LogP contribution in [0.2, 0.25) is 0 Å². The molecular formula is C19H32O2. The van der Waals surface area contributed by atoms with Gasteiger partial charge in [0.2, 0.25) is 0 Å². The second-order valence-corrected chi connectivity index (χ2v) is 9.47. The molecule has 5 atom stereocenters. The van der Waals surface area contributed by atoms with Crippen LogP contribution in [0.1, 0.15) is 79.1 Å². The van der Waals surface area contributed by atoms with E-state index in [9.17, 15) is 0 Å². The topological polar surface area (TPSA) is 18.5 Å². The van der Waals surface area contributed by atoms with E-state index in [-0.39, 0.29) is 11.4 Å². The lowest BCUT2D eigenvalue weighted by Gasteiger charge is -2.61. The van der Waals surface area contributed by atoms with Gasteiger partial charge in [-0.25, -0.2) is 0 Å². The van der Waals surface area contributed by atoms with Crippen molar-refractivity contribution < 1.29 is 9.47 Å². The minimum atomic E-state index is -0.290. The first-order valence-electron chi connectivity index (χ1n) is 9.14. The van der Waals surface area contributed by atoms with E-state index in [0.717, 1.165) is 18.9 Å². The van der Waals surface area contributed by atoms with E-state index in [1.807, 2.05) is 0 Å². The third-order valence-electron chi connectivity index (χ3n) is 7.73. The van der Waals surface area contributed by atoms with E-state index in [4.69, 9.17) is 9.47 Å². The molecule has 0 radical (unpaired) electrons. The van der Waals surface area contributed by atoms with Crippen molar-refractivity contribution in [2.24, 2.45) is 22.7 Å². The Morgan fingerprint density at radius 1 is 0.810 bits per heavy atom. The maximum atomic E-state index is 6.66. The first-order valence-corrected chi connectivity index (χ1v) is 9.14. The second-order valence-electron chi connectivity index (χ2n) is 9.47. The van der Waals surface area contributed by atoms with Crippen LogP contribution in [0.4, 0.5) is 0 Å². The summed E-state index contributed by atoms with van der Waals surface area (Å²) in [6.07, 6.45) is 10.4. The molecule has 4 fully saturated rings. The van der Waals surface area contributed by atoms with Crippen LogP contribution in [-0.2, 0) is 9.47 Å². The first-order chi connectivity index (χ1) is 9.80. The summed E-state index contributed by atoms with van der Waals surface area (Å²) in [6, 6.07) is 0. The fraction of sp³-hybridized carbons (Fsp3) is 1.00. The summed E-state index contributed by atoms with van der Waals surface area (Å²) in [7, 11) is 0. The molecular weight excluding hydrogens is 260 g/mol. The molecule has 2 saturated heterocycles. The molecule has 2 heteroatoms. The molecule has 0 aromatic carbocycles. The molecule has 1 spiro atoms. The third kappa shape index (κ3) is 1.91. The van der Waals surface area contributed by atoms with E-state index in [0.29, 0.717) is 16.7 Å². The predicted octanol–water partition coefficient (Wildman–Crippen LogP) is 4.91. The lowest BCUT2D eigenvalue weighted by atomic mass is 9.45. The van der Waals surface area contributed by atoms with Crippen molar-refractivity contribution in [2.75, 3.05) is 6.61 Å². The summed E-state index contributed by atoms with van der Waals surface area (Å²) in [4.78, 5) is 0. The minimum absolute atomic E-state index is 0.0317. The van der Waals surface area contributed by atoms with E-state index < -0.39 is 0 Å². The van der Waals surface area contributed by atoms with E-state index >= 15 is 0 Å². The summed E-state index contributed by atoms with van der Waals surface area (Å²) >= 11 is 0. The average molecular weight is 292 g/mol. The van der Waals surface area contributed by atoms with Gasteiger partial charge in [-0.05, 0) is 68.1 Å². The van der Waals surface area contributed by atoms with Crippen molar-refractivity contribution in [2.45, 2.75) is 90.4 Å². The zero-order valence-electron chi connectivity index (χ0n) is 14.3. The molecule has 120 valence electrons. The largest absolute Gasteiger partial charge is 0.347 e. The Balaban J connectivity index is 1.74. The van der Waals surface area contributed by atoms with Crippen LogP contribution in [0.5, 0.6) is 0 Å². The molecule has 4 rings (SSSR count). The van der Waals surface area contributed by atoms with Gasteiger partial charge in [-0.3, -0.25) is 0 Å². The molecule has 2 aliphatic carbocycles. The van der Waals surface area contributed by atoms with E-state index in [1.165, 1.54) is 44.9 Å². The third-order valence-corrected chi connectivity index (χ3v) is 7.73. The number of rotatable bonds is 0. The standard InChI is InChI=1S/C19H32O2/c1-16(2)9-6-10-17(3)14(16)8-12-19-13-20-18(4,21-19)11-5-7-15(17)19/h14-15H,5-13H2,1-4H3/t14-,15+,17-,18-,19-/m0/s1. The van der Waals surface area contributed by atoms with Crippen LogP contribution < -0.4 is 0 Å². The highest BCUT2D eigenvalue weighted by Crippen LogP contribution is 2.66. The summed E-state index contributed by atoms with van der Waals surface area (Å²) in [5.74, 6) is 1.28. The van der Waals surface area contributed by atoms with Crippen LogP contribution in [-0.4, -0.2) is 18.0 Å². The van der Waals surface area contributed by atoms with Gasteiger partial charge in [-0.15, -0.1) is 0 Å². The van der Waals surface area contributed by atoms with Crippen LogP contribution >= 0.6 is 0 Å². The highest BCUT2D eigenvalue weighted by atomic mass is 16.8. The lowest BCUT2D eigenvalue weighted by molar-refractivity contribution is -0.217. The lowest BCUT2D eigenvalue weighted by Crippen LogP contribution is -2.59. The van der Waals surface area contributed by atoms with Gasteiger partial charge < -0.3 is 9.47 Å². The van der Waals surface area contributed by atoms with E-state index in [2.05, 4.69) is 27.7 Å². The predicted molar refractivity (Wildman–Crippen MR) is 84.0 cm³/mol. The summed E-state index contributed by atoms with van der Waals surface area (Å²) in [6.45, 7) is 10.6. The molecule has 2 saturated carbocycles. The van der Waals surface area contributed by atoms with Gasteiger partial charge in [-0.2, -0.15) is 0 Å². The second kappa shape index (κ2) is 4.26. The fourth-order valence-electron chi connectivity index (χ4n) is 6.87. The number of hydrogen-bond donors (Lipinski definition) is 0. The summed E-state index contributed by atoms with van der Waals surface area (Å²) in [5.41, 5.74) is 0.993. The molecule has 21 heavy (non-hydrogen) atoms. The van der Waals surface area contributed by atoms with Crippen LogP contribution in [0.25, 0.3) is 0 Å². The Morgan fingerprint density at radius 3 is 2.43 bits per heavy atom. The average Bonchev–Trinajstić information content (AvgIpc) is 2.61. The minimum Gasteiger partial charge on any atom is -0.347 e. The zero-order valence-corrected chi connectivity index (χ0v) is 14.3. The molecule has 0 unspecified atom stereocenters. The van der Waals surface area contributed by atoms with Gasteiger partial charge >= 0.3 is 0 Å². The maximum absolute atomic E-state index is 6.66. The van der Waals surface area contributed by atoms with Crippen LogP contribution in [0.15, 0.2) is 0 Å². The van der Waals surface area contributed by atoms with Gasteiger partial charge in [0.15, 0.2) is 5.79 Å². The molecule has 0 aromatic heterocycles. The van der Waals surface area contributed by atoms with Gasteiger partial charge in [0.1, 0.15) is 0 Å². The van der Waals surface area contributed by atoms with Gasteiger partial charge in [0, 0.05) is 6.42 Å². The molecule has 2 nitrogen and oxygen atoms in total. The molecule has 0 amide bonds. The van der Waals surface area contributed by atoms with Crippen molar-refractivity contribution in [1.82, 2.24) is 0 Å². The number of hydrogen-bond acceptors (Lipinski definition) is 2. The molecule has 0 N–H and O–H groups in total. The van der Waals surface area contributed by atoms with Gasteiger partial charge in [0.05, 0.1) is 12.2 Å². The highest BCUT2D eigenvalue weighted by Gasteiger charge is 2.64. The normalized spacial score (nSPS) is 55.4. The number of ether oxygens (including phenoxy) is 2. The maximum Gasteiger partial charge on any atom is 0.166 e. The highest BCUT2D eigenvalue weighted by molar-refractivity contribution is 5.12. The van der Waals surface area contributed by atoms with Crippen molar-refractivity contribution in [3.63, 3.8) is 0 Å². The number of fused-ring (bicyclic) bond motifs is 3. The Kier molecular flexibility index (Phi) is 2.94. The van der Waals surface area contributed by atoms with Crippen molar-refractivity contribution >= 4 is 0 Å².